The zero-order chi connectivity index (χ0) is 16.6. The quantitative estimate of drug-likeness (QED) is 0.686. The lowest BCUT2D eigenvalue weighted by atomic mass is 9.85. The van der Waals surface area contributed by atoms with Gasteiger partial charge < -0.3 is 9.84 Å². The first-order chi connectivity index (χ1) is 10.9. The molecule has 0 aliphatic heterocycles. The van der Waals surface area contributed by atoms with Crippen molar-refractivity contribution in [3.05, 3.63) is 54.1 Å². The van der Waals surface area contributed by atoms with Crippen LogP contribution >= 0.6 is 0 Å². The summed E-state index contributed by atoms with van der Waals surface area (Å²) in [4.78, 5) is 0. The Morgan fingerprint density at radius 1 is 0.957 bits per heavy atom. The maximum Gasteiger partial charge on any atom is 0.135 e. The van der Waals surface area contributed by atoms with E-state index in [4.69, 9.17) is 4.74 Å². The predicted molar refractivity (Wildman–Crippen MR) is 97.3 cm³/mol. The zero-order valence-corrected chi connectivity index (χ0v) is 14.3. The van der Waals surface area contributed by atoms with Crippen LogP contribution in [0.5, 0.6) is 5.75 Å². The second-order valence-corrected chi connectivity index (χ2v) is 7.27. The predicted octanol–water partition coefficient (Wildman–Crippen LogP) is 5.05. The van der Waals surface area contributed by atoms with Crippen molar-refractivity contribution in [3.63, 3.8) is 0 Å². The van der Waals surface area contributed by atoms with Crippen molar-refractivity contribution in [1.29, 1.82) is 0 Å². The summed E-state index contributed by atoms with van der Waals surface area (Å²) in [5, 5.41) is 14.1. The molecule has 1 unspecified atom stereocenters. The van der Waals surface area contributed by atoms with Gasteiger partial charge in [-0.15, -0.1) is 0 Å². The summed E-state index contributed by atoms with van der Waals surface area (Å²) < 4.78 is 6.01. The van der Waals surface area contributed by atoms with Gasteiger partial charge in [0, 0.05) is 10.8 Å². The van der Waals surface area contributed by atoms with Gasteiger partial charge in [0.15, 0.2) is 0 Å². The molecule has 0 saturated heterocycles. The smallest absolute Gasteiger partial charge is 0.135 e. The van der Waals surface area contributed by atoms with Crippen molar-refractivity contribution in [2.45, 2.75) is 39.2 Å². The second-order valence-electron chi connectivity index (χ2n) is 7.27. The van der Waals surface area contributed by atoms with Gasteiger partial charge in [0.1, 0.15) is 12.4 Å². The van der Waals surface area contributed by atoms with Crippen molar-refractivity contribution in [3.8, 4) is 5.75 Å². The van der Waals surface area contributed by atoms with Crippen LogP contribution in [0.15, 0.2) is 48.5 Å². The Morgan fingerprint density at radius 2 is 1.65 bits per heavy atom. The molecule has 0 radical (unpaired) electrons. The van der Waals surface area contributed by atoms with E-state index in [0.717, 1.165) is 27.3 Å². The highest BCUT2D eigenvalue weighted by Crippen LogP contribution is 2.37. The van der Waals surface area contributed by atoms with Crippen LogP contribution in [-0.2, 0) is 5.41 Å². The van der Waals surface area contributed by atoms with E-state index in [9.17, 15) is 5.11 Å². The van der Waals surface area contributed by atoms with Crippen molar-refractivity contribution in [2.24, 2.45) is 0 Å². The Morgan fingerprint density at radius 3 is 2.35 bits per heavy atom. The second kappa shape index (κ2) is 5.86. The Bertz CT molecular complexity index is 841. The van der Waals surface area contributed by atoms with Crippen molar-refractivity contribution in [1.82, 2.24) is 0 Å². The zero-order valence-electron chi connectivity index (χ0n) is 14.3. The fourth-order valence-corrected chi connectivity index (χ4v) is 2.85. The normalized spacial score (nSPS) is 13.4. The summed E-state index contributed by atoms with van der Waals surface area (Å²) in [5.41, 5.74) is 1.36. The van der Waals surface area contributed by atoms with Crippen molar-refractivity contribution >= 4 is 21.5 Å². The Hall–Kier alpha value is -2.06. The molecule has 0 heterocycles. The number of hydrogen-bond acceptors (Lipinski definition) is 2. The first kappa shape index (κ1) is 15.8. The van der Waals surface area contributed by atoms with Crippen LogP contribution in [0.2, 0.25) is 0 Å². The summed E-state index contributed by atoms with van der Waals surface area (Å²) in [6, 6.07) is 17.0. The Kier molecular flexibility index (Phi) is 4.03. The number of rotatable bonds is 3. The van der Waals surface area contributed by atoms with Gasteiger partial charge in [0.25, 0.3) is 0 Å². The largest absolute Gasteiger partial charge is 0.490 e. The summed E-state index contributed by atoms with van der Waals surface area (Å²) in [5.74, 6) is 0.866. The van der Waals surface area contributed by atoms with Gasteiger partial charge in [0.2, 0.25) is 0 Å². The molecule has 120 valence electrons. The van der Waals surface area contributed by atoms with Gasteiger partial charge in [-0.3, -0.25) is 0 Å². The van der Waals surface area contributed by atoms with Crippen LogP contribution in [-0.4, -0.2) is 17.8 Å². The summed E-state index contributed by atoms with van der Waals surface area (Å²) in [6.07, 6.45) is -0.491. The van der Waals surface area contributed by atoms with Crippen molar-refractivity contribution in [2.75, 3.05) is 6.61 Å². The van der Waals surface area contributed by atoms with Crippen LogP contribution in [0, 0.1) is 0 Å². The number of fused-ring (bicyclic) bond motifs is 2. The molecule has 0 aliphatic carbocycles. The lowest BCUT2D eigenvalue weighted by Crippen LogP contribution is -2.13. The Labute approximate surface area is 137 Å². The SMILES string of the molecule is CC(O)COc1c2ccccc2cc2ccc(C(C)(C)C)cc12. The van der Waals surface area contributed by atoms with E-state index in [1.165, 1.54) is 5.56 Å². The highest BCUT2D eigenvalue weighted by molar-refractivity contribution is 6.05. The van der Waals surface area contributed by atoms with Crippen LogP contribution in [0.3, 0.4) is 0 Å². The summed E-state index contributed by atoms with van der Waals surface area (Å²) in [6.45, 7) is 8.68. The fraction of sp³-hybridized carbons (Fsp3) is 0.333. The molecule has 2 heteroatoms. The van der Waals surface area contributed by atoms with Gasteiger partial charge in [-0.05, 0) is 40.8 Å². The van der Waals surface area contributed by atoms with E-state index in [1.54, 1.807) is 6.92 Å². The molecule has 2 nitrogen and oxygen atoms in total. The highest BCUT2D eigenvalue weighted by Gasteiger charge is 2.16. The summed E-state index contributed by atoms with van der Waals surface area (Å²) >= 11 is 0. The molecule has 1 N–H and O–H groups in total. The molecule has 3 aromatic carbocycles. The average Bonchev–Trinajstić information content (AvgIpc) is 2.49. The molecule has 0 amide bonds. The van der Waals surface area contributed by atoms with Gasteiger partial charge in [-0.1, -0.05) is 57.2 Å². The third kappa shape index (κ3) is 3.18. The fourth-order valence-electron chi connectivity index (χ4n) is 2.85. The molecule has 3 rings (SSSR count). The molecule has 23 heavy (non-hydrogen) atoms. The lowest BCUT2D eigenvalue weighted by molar-refractivity contribution is 0.124. The minimum absolute atomic E-state index is 0.0847. The first-order valence-electron chi connectivity index (χ1n) is 8.13. The van der Waals surface area contributed by atoms with Crippen LogP contribution in [0.4, 0.5) is 0 Å². The molecule has 0 bridgehead atoms. The minimum Gasteiger partial charge on any atom is -0.490 e. The van der Waals surface area contributed by atoms with E-state index < -0.39 is 6.10 Å². The van der Waals surface area contributed by atoms with E-state index in [1.807, 2.05) is 12.1 Å². The van der Waals surface area contributed by atoms with E-state index in [2.05, 4.69) is 57.2 Å². The standard InChI is InChI=1S/C21H24O2/c1-14(22)13-23-20-18-8-6-5-7-15(18)11-16-9-10-17(12-19(16)20)21(2,3)4/h5-12,14,22H,13H2,1-4H3. The first-order valence-corrected chi connectivity index (χ1v) is 8.13. The number of benzene rings is 3. The number of aliphatic hydroxyl groups is 1. The van der Waals surface area contributed by atoms with Crippen LogP contribution in [0.1, 0.15) is 33.3 Å². The van der Waals surface area contributed by atoms with Gasteiger partial charge in [-0.25, -0.2) is 0 Å². The van der Waals surface area contributed by atoms with E-state index in [0.29, 0.717) is 6.61 Å². The molecule has 0 saturated carbocycles. The maximum atomic E-state index is 9.62. The number of ether oxygens (including phenoxy) is 1. The molecule has 0 aromatic heterocycles. The van der Waals surface area contributed by atoms with Crippen LogP contribution < -0.4 is 4.74 Å². The topological polar surface area (TPSA) is 29.5 Å². The third-order valence-electron chi connectivity index (χ3n) is 4.15. The van der Waals surface area contributed by atoms with Gasteiger partial charge in [-0.2, -0.15) is 0 Å². The third-order valence-corrected chi connectivity index (χ3v) is 4.15. The average molecular weight is 308 g/mol. The maximum absolute atomic E-state index is 9.62. The molecule has 0 fully saturated rings. The molecule has 0 aliphatic rings. The monoisotopic (exact) mass is 308 g/mol. The molecular weight excluding hydrogens is 284 g/mol. The Balaban J connectivity index is 2.28. The summed E-state index contributed by atoms with van der Waals surface area (Å²) in [7, 11) is 0. The lowest BCUT2D eigenvalue weighted by Gasteiger charge is -2.21. The van der Waals surface area contributed by atoms with Crippen molar-refractivity contribution < 1.29 is 9.84 Å². The number of hydrogen-bond donors (Lipinski definition) is 1. The van der Waals surface area contributed by atoms with E-state index >= 15 is 0 Å². The minimum atomic E-state index is -0.491. The number of aliphatic hydroxyl groups excluding tert-OH is 1. The molecule has 3 aromatic rings. The van der Waals surface area contributed by atoms with Gasteiger partial charge in [0.05, 0.1) is 6.10 Å². The van der Waals surface area contributed by atoms with E-state index in [-0.39, 0.29) is 5.41 Å². The van der Waals surface area contributed by atoms with Crippen LogP contribution in [0.25, 0.3) is 21.5 Å². The highest BCUT2D eigenvalue weighted by atomic mass is 16.5. The molecule has 1 atom stereocenters. The van der Waals surface area contributed by atoms with Gasteiger partial charge >= 0.3 is 0 Å². The molecular formula is C21H24O2. The molecule has 0 spiro atoms.